The van der Waals surface area contributed by atoms with Crippen LogP contribution < -0.4 is 0 Å². The molecule has 0 spiro atoms. The molecule has 0 aliphatic heterocycles. The van der Waals surface area contributed by atoms with Crippen molar-refractivity contribution in [1.29, 1.82) is 0 Å². The fourth-order valence-electron chi connectivity index (χ4n) is 4.65. The number of benzene rings is 3. The van der Waals surface area contributed by atoms with E-state index < -0.39 is 0 Å². The van der Waals surface area contributed by atoms with Crippen LogP contribution >= 0.6 is 11.3 Å². The molecule has 0 fully saturated rings. The van der Waals surface area contributed by atoms with Gasteiger partial charge in [0, 0.05) is 21.3 Å². The highest BCUT2D eigenvalue weighted by atomic mass is 32.1. The molecule has 0 bridgehead atoms. The fourth-order valence-corrected chi connectivity index (χ4v) is 5.69. The van der Waals surface area contributed by atoms with E-state index in [1.807, 2.05) is 17.5 Å². The van der Waals surface area contributed by atoms with Crippen molar-refractivity contribution >= 4 is 32.2 Å². The summed E-state index contributed by atoms with van der Waals surface area (Å²) in [6.45, 7) is 11.4. The van der Waals surface area contributed by atoms with E-state index in [2.05, 4.69) is 107 Å². The van der Waals surface area contributed by atoms with Crippen LogP contribution in [0.4, 0.5) is 0 Å². The second-order valence-corrected chi connectivity index (χ2v) is 11.6. The molecule has 5 rings (SSSR count). The van der Waals surface area contributed by atoms with Gasteiger partial charge >= 0.3 is 0 Å². The summed E-state index contributed by atoms with van der Waals surface area (Å²) in [6.07, 6.45) is 3.07. The van der Waals surface area contributed by atoms with Gasteiger partial charge in [0.15, 0.2) is 0 Å². The molecule has 0 atom stereocenters. The summed E-state index contributed by atoms with van der Waals surface area (Å²) in [5.74, 6) is 0.670. The predicted octanol–water partition coefficient (Wildman–Crippen LogP) is 9.28. The van der Waals surface area contributed by atoms with Gasteiger partial charge < -0.3 is 0 Å². The second-order valence-electron chi connectivity index (χ2n) is 10.5. The van der Waals surface area contributed by atoms with Crippen molar-refractivity contribution in [2.75, 3.05) is 0 Å². The van der Waals surface area contributed by atoms with Gasteiger partial charge in [0.1, 0.15) is 0 Å². The highest BCUT2D eigenvalue weighted by Gasteiger charge is 2.19. The van der Waals surface area contributed by atoms with Crippen LogP contribution in [-0.2, 0) is 11.8 Å². The van der Waals surface area contributed by atoms with Crippen LogP contribution in [0, 0.1) is 5.92 Å². The molecular weight excluding hydrogens is 418 g/mol. The van der Waals surface area contributed by atoms with Gasteiger partial charge in [-0.15, -0.1) is 11.3 Å². The zero-order valence-electron chi connectivity index (χ0n) is 20.1. The molecule has 2 aromatic heterocycles. The maximum atomic E-state index is 4.77. The minimum Gasteiger partial charge on any atom is -0.256 e. The van der Waals surface area contributed by atoms with Crippen LogP contribution in [0.1, 0.15) is 45.7 Å². The first-order valence-electron chi connectivity index (χ1n) is 11.8. The average Bonchev–Trinajstić information content (AvgIpc) is 3.21. The zero-order chi connectivity index (χ0) is 23.2. The van der Waals surface area contributed by atoms with Crippen LogP contribution in [0.5, 0.6) is 0 Å². The van der Waals surface area contributed by atoms with Gasteiger partial charge in [0.2, 0.25) is 0 Å². The maximum absolute atomic E-state index is 4.77. The molecule has 2 heteroatoms. The molecule has 0 radical (unpaired) electrons. The molecule has 2 heterocycles. The summed E-state index contributed by atoms with van der Waals surface area (Å²) in [4.78, 5) is 6.07. The van der Waals surface area contributed by atoms with Crippen LogP contribution in [0.3, 0.4) is 0 Å². The van der Waals surface area contributed by atoms with E-state index in [4.69, 9.17) is 4.98 Å². The smallest absolute Gasteiger partial charge is 0.0708 e. The van der Waals surface area contributed by atoms with Crippen molar-refractivity contribution in [3.8, 4) is 21.7 Å². The number of hydrogen-bond donors (Lipinski definition) is 0. The highest BCUT2D eigenvalue weighted by Crippen LogP contribution is 2.37. The topological polar surface area (TPSA) is 12.9 Å². The van der Waals surface area contributed by atoms with Crippen molar-refractivity contribution in [3.63, 3.8) is 0 Å². The Hall–Kier alpha value is -2.97. The molecule has 3 aromatic carbocycles. The molecule has 0 N–H and O–H groups in total. The van der Waals surface area contributed by atoms with Gasteiger partial charge in [-0.25, -0.2) is 0 Å². The third-order valence-electron chi connectivity index (χ3n) is 6.23. The monoisotopic (exact) mass is 449 g/mol. The summed E-state index contributed by atoms with van der Waals surface area (Å²) in [5.41, 5.74) is 6.29. The van der Waals surface area contributed by atoms with Gasteiger partial charge in [-0.05, 0) is 87.0 Å². The maximum Gasteiger partial charge on any atom is 0.0708 e. The predicted molar refractivity (Wildman–Crippen MR) is 145 cm³/mol. The minimum absolute atomic E-state index is 0.0619. The quantitative estimate of drug-likeness (QED) is 0.266. The summed E-state index contributed by atoms with van der Waals surface area (Å²) in [6, 6.07) is 26.9. The van der Waals surface area contributed by atoms with E-state index >= 15 is 0 Å². The molecule has 5 aromatic rings. The van der Waals surface area contributed by atoms with Crippen molar-refractivity contribution in [3.05, 3.63) is 90.1 Å². The molecule has 0 amide bonds. The second kappa shape index (κ2) is 8.43. The molecule has 0 unspecified atom stereocenters. The third-order valence-corrected chi connectivity index (χ3v) is 7.40. The lowest BCUT2D eigenvalue weighted by Gasteiger charge is -2.22. The fraction of sp³-hybridized carbons (Fsp3) is 0.258. The van der Waals surface area contributed by atoms with E-state index in [-0.39, 0.29) is 5.41 Å². The standard InChI is InChI=1S/C31H31NS/c1-20(2)14-21-10-11-29-25(15-21)19-30(33-29)23-12-13-32-28(18-23)24-16-22-8-6-7-9-26(22)27(17-24)31(3,4)5/h6-13,15-20H,14H2,1-5H3. The largest absolute Gasteiger partial charge is 0.256 e. The van der Waals surface area contributed by atoms with Crippen molar-refractivity contribution in [1.82, 2.24) is 4.98 Å². The van der Waals surface area contributed by atoms with Crippen molar-refractivity contribution in [2.24, 2.45) is 5.92 Å². The van der Waals surface area contributed by atoms with Crippen molar-refractivity contribution in [2.45, 2.75) is 46.5 Å². The number of aromatic nitrogens is 1. The molecule has 0 aliphatic rings. The highest BCUT2D eigenvalue weighted by molar-refractivity contribution is 7.22. The van der Waals surface area contributed by atoms with Gasteiger partial charge in [-0.3, -0.25) is 4.98 Å². The molecule has 0 saturated heterocycles. The Labute approximate surface area is 201 Å². The van der Waals surface area contributed by atoms with E-state index in [1.54, 1.807) is 0 Å². The van der Waals surface area contributed by atoms with E-state index in [0.717, 1.165) is 12.1 Å². The number of thiophene rings is 1. The number of fused-ring (bicyclic) bond motifs is 2. The van der Waals surface area contributed by atoms with Crippen LogP contribution in [0.15, 0.2) is 79.0 Å². The first-order valence-corrected chi connectivity index (χ1v) is 12.6. The lowest BCUT2D eigenvalue weighted by Crippen LogP contribution is -2.12. The Morgan fingerprint density at radius 3 is 2.42 bits per heavy atom. The zero-order valence-corrected chi connectivity index (χ0v) is 21.0. The average molecular weight is 450 g/mol. The van der Waals surface area contributed by atoms with Gasteiger partial charge in [-0.2, -0.15) is 0 Å². The van der Waals surface area contributed by atoms with Gasteiger partial charge in [-0.1, -0.05) is 71.0 Å². The van der Waals surface area contributed by atoms with Crippen molar-refractivity contribution < 1.29 is 0 Å². The SMILES string of the molecule is CC(C)Cc1ccc2sc(-c3ccnc(-c4cc(C(C)(C)C)c5ccccc5c4)c3)cc2c1. The van der Waals surface area contributed by atoms with Crippen LogP contribution in [0.25, 0.3) is 42.6 Å². The van der Waals surface area contributed by atoms with Gasteiger partial charge in [0.05, 0.1) is 5.69 Å². The number of rotatable bonds is 4. The van der Waals surface area contributed by atoms with Gasteiger partial charge in [0.25, 0.3) is 0 Å². The summed E-state index contributed by atoms with van der Waals surface area (Å²) in [7, 11) is 0. The van der Waals surface area contributed by atoms with Crippen LogP contribution in [-0.4, -0.2) is 4.98 Å². The first kappa shape index (κ1) is 21.9. The Morgan fingerprint density at radius 2 is 1.64 bits per heavy atom. The molecular formula is C31H31NS. The van der Waals surface area contributed by atoms with E-state index in [9.17, 15) is 0 Å². The molecule has 1 nitrogen and oxygen atoms in total. The Bertz CT molecular complexity index is 1450. The van der Waals surface area contributed by atoms with Crippen LogP contribution in [0.2, 0.25) is 0 Å². The first-order chi connectivity index (χ1) is 15.8. The summed E-state index contributed by atoms with van der Waals surface area (Å²) >= 11 is 1.86. The third kappa shape index (κ3) is 4.45. The van der Waals surface area contributed by atoms with E-state index in [0.29, 0.717) is 5.92 Å². The molecule has 0 aliphatic carbocycles. The Morgan fingerprint density at radius 1 is 0.818 bits per heavy atom. The summed E-state index contributed by atoms with van der Waals surface area (Å²) in [5, 5.41) is 3.94. The van der Waals surface area contributed by atoms with E-state index in [1.165, 1.54) is 48.0 Å². The summed E-state index contributed by atoms with van der Waals surface area (Å²) < 4.78 is 1.34. The molecule has 33 heavy (non-hydrogen) atoms. The lowest BCUT2D eigenvalue weighted by molar-refractivity contribution is 0.596. The normalized spacial score (nSPS) is 12.2. The number of hydrogen-bond acceptors (Lipinski definition) is 2. The lowest BCUT2D eigenvalue weighted by atomic mass is 9.82. The number of pyridine rings is 1. The molecule has 0 saturated carbocycles. The Balaban J connectivity index is 1.58. The number of nitrogens with zero attached hydrogens (tertiary/aromatic N) is 1. The molecule has 166 valence electrons. The Kier molecular flexibility index (Phi) is 5.58. The minimum atomic E-state index is 0.0619.